The Hall–Kier alpha value is -1.53. The molecular formula is C12H13ClF3N3. The molecule has 3 nitrogen and oxygen atoms in total. The van der Waals surface area contributed by atoms with Crippen LogP contribution in [0.4, 0.5) is 13.2 Å². The molecule has 0 aliphatic heterocycles. The van der Waals surface area contributed by atoms with E-state index in [2.05, 4.69) is 5.10 Å². The number of halogens is 4. The molecule has 104 valence electrons. The normalized spacial score (nSPS) is 11.2. The monoisotopic (exact) mass is 291 g/mol. The van der Waals surface area contributed by atoms with Gasteiger partial charge in [0, 0.05) is 18.3 Å². The number of benzene rings is 1. The summed E-state index contributed by atoms with van der Waals surface area (Å²) >= 11 is 0. The van der Waals surface area contributed by atoms with Crippen LogP contribution < -0.4 is 5.73 Å². The van der Waals surface area contributed by atoms with Crippen LogP contribution in [0.5, 0.6) is 0 Å². The average molecular weight is 292 g/mol. The van der Waals surface area contributed by atoms with Gasteiger partial charge in [-0.15, -0.1) is 12.4 Å². The molecule has 0 spiro atoms. The molecule has 0 amide bonds. The molecule has 2 rings (SSSR count). The van der Waals surface area contributed by atoms with E-state index in [0.29, 0.717) is 6.54 Å². The van der Waals surface area contributed by atoms with Crippen molar-refractivity contribution < 1.29 is 13.2 Å². The number of aromatic nitrogens is 2. The average Bonchev–Trinajstić information content (AvgIpc) is 2.76. The molecular weight excluding hydrogens is 279 g/mol. The number of hydrogen-bond donors (Lipinski definition) is 1. The van der Waals surface area contributed by atoms with Crippen molar-refractivity contribution in [2.24, 2.45) is 5.73 Å². The van der Waals surface area contributed by atoms with E-state index in [1.807, 2.05) is 0 Å². The summed E-state index contributed by atoms with van der Waals surface area (Å²) in [6.45, 7) is 0.399. The highest BCUT2D eigenvalue weighted by atomic mass is 35.5. The highest BCUT2D eigenvalue weighted by Crippen LogP contribution is 2.32. The maximum atomic E-state index is 12.8. The van der Waals surface area contributed by atoms with Crippen LogP contribution in [0.1, 0.15) is 16.7 Å². The fraction of sp³-hybridized carbons (Fsp3) is 0.250. The molecule has 0 saturated heterocycles. The van der Waals surface area contributed by atoms with Gasteiger partial charge in [0.25, 0.3) is 0 Å². The van der Waals surface area contributed by atoms with Crippen molar-refractivity contribution in [2.45, 2.75) is 19.3 Å². The standard InChI is InChI=1S/C12H12F3N3.ClH/c13-12(14,15)11-4-2-1-3-10(11)8-18-7-9(5-16)6-17-18;/h1-4,6-7H,5,8,16H2;1H. The van der Waals surface area contributed by atoms with Crippen molar-refractivity contribution in [3.05, 3.63) is 53.3 Å². The minimum Gasteiger partial charge on any atom is -0.326 e. The van der Waals surface area contributed by atoms with Crippen LogP contribution in [0.15, 0.2) is 36.7 Å². The third kappa shape index (κ3) is 3.71. The molecule has 7 heteroatoms. The van der Waals surface area contributed by atoms with Crippen LogP contribution in [0, 0.1) is 0 Å². The molecule has 0 saturated carbocycles. The van der Waals surface area contributed by atoms with Crippen molar-refractivity contribution in [1.29, 1.82) is 0 Å². The Morgan fingerprint density at radius 3 is 2.47 bits per heavy atom. The Kier molecular flexibility index (Phi) is 4.97. The van der Waals surface area contributed by atoms with Crippen molar-refractivity contribution >= 4 is 12.4 Å². The van der Waals surface area contributed by atoms with Gasteiger partial charge in [0.05, 0.1) is 18.3 Å². The Balaban J connectivity index is 0.00000180. The first-order valence-corrected chi connectivity index (χ1v) is 5.37. The van der Waals surface area contributed by atoms with Gasteiger partial charge in [0.2, 0.25) is 0 Å². The molecule has 0 fully saturated rings. The number of hydrogen-bond acceptors (Lipinski definition) is 2. The highest BCUT2D eigenvalue weighted by Gasteiger charge is 2.32. The quantitative estimate of drug-likeness (QED) is 0.945. The predicted octanol–water partition coefficient (Wildman–Crippen LogP) is 2.83. The van der Waals surface area contributed by atoms with Gasteiger partial charge in [-0.25, -0.2) is 0 Å². The minimum atomic E-state index is -4.35. The fourth-order valence-electron chi connectivity index (χ4n) is 1.71. The van der Waals surface area contributed by atoms with Gasteiger partial charge in [-0.2, -0.15) is 18.3 Å². The molecule has 0 unspecified atom stereocenters. The van der Waals surface area contributed by atoms with Crippen molar-refractivity contribution in [2.75, 3.05) is 0 Å². The zero-order chi connectivity index (χ0) is 13.2. The van der Waals surface area contributed by atoms with E-state index >= 15 is 0 Å². The minimum absolute atomic E-state index is 0. The maximum absolute atomic E-state index is 12.8. The van der Waals surface area contributed by atoms with E-state index in [9.17, 15) is 13.2 Å². The highest BCUT2D eigenvalue weighted by molar-refractivity contribution is 5.85. The Morgan fingerprint density at radius 2 is 1.89 bits per heavy atom. The van der Waals surface area contributed by atoms with E-state index in [4.69, 9.17) is 5.73 Å². The molecule has 0 bridgehead atoms. The van der Waals surface area contributed by atoms with Gasteiger partial charge in [-0.05, 0) is 11.6 Å². The third-order valence-electron chi connectivity index (χ3n) is 2.58. The largest absolute Gasteiger partial charge is 0.416 e. The first kappa shape index (κ1) is 15.5. The van der Waals surface area contributed by atoms with Crippen molar-refractivity contribution in [1.82, 2.24) is 9.78 Å². The van der Waals surface area contributed by atoms with Crippen molar-refractivity contribution in [3.63, 3.8) is 0 Å². The van der Waals surface area contributed by atoms with E-state index in [1.54, 1.807) is 18.5 Å². The smallest absolute Gasteiger partial charge is 0.326 e. The van der Waals surface area contributed by atoms with E-state index < -0.39 is 11.7 Å². The molecule has 0 aliphatic carbocycles. The van der Waals surface area contributed by atoms with Gasteiger partial charge >= 0.3 is 6.18 Å². The summed E-state index contributed by atoms with van der Waals surface area (Å²) in [7, 11) is 0. The molecule has 1 heterocycles. The molecule has 1 aromatic heterocycles. The lowest BCUT2D eigenvalue weighted by Crippen LogP contribution is -2.11. The lowest BCUT2D eigenvalue weighted by atomic mass is 10.1. The van der Waals surface area contributed by atoms with E-state index in [0.717, 1.165) is 11.6 Å². The summed E-state index contributed by atoms with van der Waals surface area (Å²) in [6, 6.07) is 5.48. The van der Waals surface area contributed by atoms with Crippen LogP contribution in [0.3, 0.4) is 0 Å². The first-order chi connectivity index (χ1) is 8.50. The Morgan fingerprint density at radius 1 is 1.21 bits per heavy atom. The lowest BCUT2D eigenvalue weighted by Gasteiger charge is -2.12. The van der Waals surface area contributed by atoms with Gasteiger partial charge in [0.15, 0.2) is 0 Å². The van der Waals surface area contributed by atoms with Gasteiger partial charge in [-0.1, -0.05) is 18.2 Å². The molecule has 2 N–H and O–H groups in total. The fourth-order valence-corrected chi connectivity index (χ4v) is 1.71. The second kappa shape index (κ2) is 6.08. The SMILES string of the molecule is Cl.NCc1cnn(Cc2ccccc2C(F)(F)F)c1. The second-order valence-electron chi connectivity index (χ2n) is 3.91. The van der Waals surface area contributed by atoms with Gasteiger partial charge in [-0.3, -0.25) is 4.68 Å². The number of nitrogens with zero attached hydrogens (tertiary/aromatic N) is 2. The van der Waals surface area contributed by atoms with Gasteiger partial charge < -0.3 is 5.73 Å². The summed E-state index contributed by atoms with van der Waals surface area (Å²) in [4.78, 5) is 0. The first-order valence-electron chi connectivity index (χ1n) is 5.37. The van der Waals surface area contributed by atoms with Crippen LogP contribution in [0.2, 0.25) is 0 Å². The molecule has 0 atom stereocenters. The lowest BCUT2D eigenvalue weighted by molar-refractivity contribution is -0.138. The van der Waals surface area contributed by atoms with Crippen molar-refractivity contribution in [3.8, 4) is 0 Å². The number of alkyl halides is 3. The van der Waals surface area contributed by atoms with Crippen LogP contribution in [0.25, 0.3) is 0 Å². The summed E-state index contributed by atoms with van der Waals surface area (Å²) in [5, 5.41) is 3.97. The zero-order valence-corrected chi connectivity index (χ0v) is 10.7. The topological polar surface area (TPSA) is 43.8 Å². The Bertz CT molecular complexity index is 537. The van der Waals surface area contributed by atoms with E-state index in [-0.39, 0.29) is 24.5 Å². The number of rotatable bonds is 3. The van der Waals surface area contributed by atoms with Crippen LogP contribution >= 0.6 is 12.4 Å². The second-order valence-corrected chi connectivity index (χ2v) is 3.91. The third-order valence-corrected chi connectivity index (χ3v) is 2.58. The summed E-state index contributed by atoms with van der Waals surface area (Å²) in [5.74, 6) is 0. The Labute approximate surface area is 114 Å². The zero-order valence-electron chi connectivity index (χ0n) is 9.89. The molecule has 0 aliphatic rings. The molecule has 2 aromatic rings. The maximum Gasteiger partial charge on any atom is 0.416 e. The van der Waals surface area contributed by atoms with Crippen LogP contribution in [-0.2, 0) is 19.3 Å². The molecule has 0 radical (unpaired) electrons. The van der Waals surface area contributed by atoms with Gasteiger partial charge in [0.1, 0.15) is 0 Å². The molecule has 1 aromatic carbocycles. The summed E-state index contributed by atoms with van der Waals surface area (Å²) in [6.07, 6.45) is -1.15. The molecule has 19 heavy (non-hydrogen) atoms. The summed E-state index contributed by atoms with van der Waals surface area (Å²) < 4.78 is 39.8. The van der Waals surface area contributed by atoms with Crippen LogP contribution in [-0.4, -0.2) is 9.78 Å². The summed E-state index contributed by atoms with van der Waals surface area (Å²) in [5.41, 5.74) is 5.78. The predicted molar refractivity (Wildman–Crippen MR) is 67.9 cm³/mol. The van der Waals surface area contributed by atoms with E-state index in [1.165, 1.54) is 16.8 Å². The number of nitrogens with two attached hydrogens (primary N) is 1.